The molecule has 2 aromatic heterocycles. The second-order valence-electron chi connectivity index (χ2n) is 3.72. The Kier molecular flexibility index (Phi) is 4.04. The Hall–Kier alpha value is -0.780. The van der Waals surface area contributed by atoms with E-state index in [4.69, 9.17) is 0 Å². The van der Waals surface area contributed by atoms with E-state index in [0.29, 0.717) is 6.04 Å². The molecule has 2 aromatic rings. The largest absolute Gasteiger partial charge is 0.308 e. The molecule has 0 spiro atoms. The molecule has 86 valence electrons. The van der Waals surface area contributed by atoms with Crippen molar-refractivity contribution in [3.8, 4) is 0 Å². The second-order valence-corrected chi connectivity index (χ2v) is 5.38. The minimum Gasteiger partial charge on any atom is -0.308 e. The highest BCUT2D eigenvalue weighted by molar-refractivity contribution is 7.09. The Labute approximate surface area is 104 Å². The molecule has 0 radical (unpaired) electrons. The number of hydrogen-bond donors (Lipinski definition) is 1. The zero-order chi connectivity index (χ0) is 11.4. The first-order valence-corrected chi connectivity index (χ1v) is 7.10. The molecule has 0 bridgehead atoms. The van der Waals surface area contributed by atoms with Gasteiger partial charge in [0.2, 0.25) is 0 Å². The van der Waals surface area contributed by atoms with Gasteiger partial charge in [-0.05, 0) is 13.8 Å². The molecule has 1 atom stereocenters. The van der Waals surface area contributed by atoms with Gasteiger partial charge in [0.15, 0.2) is 0 Å². The van der Waals surface area contributed by atoms with Crippen molar-refractivity contribution in [3.05, 3.63) is 32.7 Å². The van der Waals surface area contributed by atoms with Crippen LogP contribution in [0, 0.1) is 6.92 Å². The molecule has 0 aliphatic carbocycles. The summed E-state index contributed by atoms with van der Waals surface area (Å²) in [5.74, 6) is 0. The van der Waals surface area contributed by atoms with E-state index in [0.717, 1.165) is 24.4 Å². The van der Waals surface area contributed by atoms with Crippen molar-refractivity contribution >= 4 is 22.7 Å². The van der Waals surface area contributed by atoms with Gasteiger partial charge in [-0.25, -0.2) is 9.97 Å². The number of aryl methyl sites for hydroxylation is 1. The van der Waals surface area contributed by atoms with Crippen LogP contribution in [0.4, 0.5) is 0 Å². The monoisotopic (exact) mass is 253 g/mol. The molecule has 0 saturated carbocycles. The predicted molar refractivity (Wildman–Crippen MR) is 69.1 cm³/mol. The lowest BCUT2D eigenvalue weighted by molar-refractivity contribution is 0.566. The van der Waals surface area contributed by atoms with Crippen LogP contribution in [0.15, 0.2) is 16.3 Å². The topological polar surface area (TPSA) is 37.8 Å². The Morgan fingerprint density at radius 1 is 1.44 bits per heavy atom. The summed E-state index contributed by atoms with van der Waals surface area (Å²) in [5.41, 5.74) is 4.12. The molecule has 0 aliphatic heterocycles. The van der Waals surface area contributed by atoms with Crippen molar-refractivity contribution in [1.82, 2.24) is 15.3 Å². The molecular formula is C11H15N3S2. The first kappa shape index (κ1) is 11.7. The Morgan fingerprint density at radius 3 is 2.94 bits per heavy atom. The van der Waals surface area contributed by atoms with Gasteiger partial charge < -0.3 is 5.32 Å². The molecule has 3 nitrogen and oxygen atoms in total. The number of nitrogens with one attached hydrogen (secondary N) is 1. The standard InChI is InChI=1S/C11H15N3S2/c1-8-5-16-11(14-8)3-4-12-9(2)10-6-15-7-13-10/h5-7,9,12H,3-4H2,1-2H3. The van der Waals surface area contributed by atoms with Crippen LogP contribution in [-0.4, -0.2) is 16.5 Å². The fourth-order valence-corrected chi connectivity index (χ4v) is 2.88. The number of nitrogens with zero attached hydrogens (tertiary/aromatic N) is 2. The van der Waals surface area contributed by atoms with E-state index in [1.807, 2.05) is 12.4 Å². The normalized spacial score (nSPS) is 12.9. The van der Waals surface area contributed by atoms with Crippen molar-refractivity contribution < 1.29 is 0 Å². The van der Waals surface area contributed by atoms with Gasteiger partial charge in [-0.3, -0.25) is 0 Å². The van der Waals surface area contributed by atoms with Gasteiger partial charge in [-0.1, -0.05) is 0 Å². The highest BCUT2D eigenvalue weighted by atomic mass is 32.1. The maximum Gasteiger partial charge on any atom is 0.0940 e. The molecule has 0 aliphatic rings. The van der Waals surface area contributed by atoms with E-state index in [9.17, 15) is 0 Å². The van der Waals surface area contributed by atoms with Crippen molar-refractivity contribution in [2.24, 2.45) is 0 Å². The van der Waals surface area contributed by atoms with Crippen LogP contribution in [-0.2, 0) is 6.42 Å². The van der Waals surface area contributed by atoms with Gasteiger partial charge in [-0.2, -0.15) is 0 Å². The molecule has 0 saturated heterocycles. The maximum absolute atomic E-state index is 4.44. The molecule has 5 heteroatoms. The Balaban J connectivity index is 1.76. The van der Waals surface area contributed by atoms with Crippen molar-refractivity contribution in [2.45, 2.75) is 26.3 Å². The SMILES string of the molecule is Cc1csc(CCNC(C)c2cscn2)n1. The summed E-state index contributed by atoms with van der Waals surface area (Å²) in [7, 11) is 0. The minimum atomic E-state index is 0.326. The minimum absolute atomic E-state index is 0.326. The smallest absolute Gasteiger partial charge is 0.0940 e. The molecular weight excluding hydrogens is 238 g/mol. The lowest BCUT2D eigenvalue weighted by Gasteiger charge is -2.10. The maximum atomic E-state index is 4.44. The fourth-order valence-electron chi connectivity index (χ4n) is 1.45. The van der Waals surface area contributed by atoms with Crippen LogP contribution in [0.5, 0.6) is 0 Å². The third-order valence-electron chi connectivity index (χ3n) is 2.35. The van der Waals surface area contributed by atoms with Crippen LogP contribution in [0.2, 0.25) is 0 Å². The zero-order valence-electron chi connectivity index (χ0n) is 9.43. The van der Waals surface area contributed by atoms with Crippen LogP contribution in [0.25, 0.3) is 0 Å². The summed E-state index contributed by atoms with van der Waals surface area (Å²) >= 11 is 3.37. The number of aromatic nitrogens is 2. The summed E-state index contributed by atoms with van der Waals surface area (Å²) < 4.78 is 0. The Bertz CT molecular complexity index is 422. The lowest BCUT2D eigenvalue weighted by atomic mass is 10.2. The van der Waals surface area contributed by atoms with Crippen LogP contribution < -0.4 is 5.32 Å². The Morgan fingerprint density at radius 2 is 2.31 bits per heavy atom. The number of rotatable bonds is 5. The quantitative estimate of drug-likeness (QED) is 0.890. The van der Waals surface area contributed by atoms with Gasteiger partial charge in [0.25, 0.3) is 0 Å². The van der Waals surface area contributed by atoms with E-state index < -0.39 is 0 Å². The van der Waals surface area contributed by atoms with Gasteiger partial charge in [0.1, 0.15) is 0 Å². The average molecular weight is 253 g/mol. The lowest BCUT2D eigenvalue weighted by Crippen LogP contribution is -2.21. The molecule has 0 amide bonds. The number of thiazole rings is 2. The summed E-state index contributed by atoms with van der Waals surface area (Å²) in [4.78, 5) is 8.72. The number of hydrogen-bond acceptors (Lipinski definition) is 5. The van der Waals surface area contributed by atoms with Crippen LogP contribution >= 0.6 is 22.7 Å². The summed E-state index contributed by atoms with van der Waals surface area (Å²) in [6.07, 6.45) is 0.993. The molecule has 16 heavy (non-hydrogen) atoms. The summed E-state index contributed by atoms with van der Waals surface area (Å²) in [5, 5.41) is 8.84. The predicted octanol–water partition coefficient (Wildman–Crippen LogP) is 2.80. The highest BCUT2D eigenvalue weighted by Crippen LogP contribution is 2.12. The second kappa shape index (κ2) is 5.52. The molecule has 2 rings (SSSR count). The zero-order valence-corrected chi connectivity index (χ0v) is 11.1. The van der Waals surface area contributed by atoms with Crippen LogP contribution in [0.3, 0.4) is 0 Å². The molecule has 1 N–H and O–H groups in total. The van der Waals surface area contributed by atoms with Gasteiger partial charge in [0, 0.05) is 35.5 Å². The van der Waals surface area contributed by atoms with Gasteiger partial charge in [-0.15, -0.1) is 22.7 Å². The van der Waals surface area contributed by atoms with E-state index >= 15 is 0 Å². The third-order valence-corrected chi connectivity index (χ3v) is 3.98. The van der Waals surface area contributed by atoms with Gasteiger partial charge >= 0.3 is 0 Å². The van der Waals surface area contributed by atoms with Crippen LogP contribution in [0.1, 0.15) is 29.4 Å². The van der Waals surface area contributed by atoms with Gasteiger partial charge in [0.05, 0.1) is 16.2 Å². The summed E-state index contributed by atoms with van der Waals surface area (Å²) in [6, 6.07) is 0.326. The summed E-state index contributed by atoms with van der Waals surface area (Å²) in [6.45, 7) is 5.12. The molecule has 0 aromatic carbocycles. The first-order chi connectivity index (χ1) is 7.75. The fraction of sp³-hybridized carbons (Fsp3) is 0.455. The first-order valence-electron chi connectivity index (χ1n) is 5.28. The van der Waals surface area contributed by atoms with Crippen molar-refractivity contribution in [2.75, 3.05) is 6.54 Å². The van der Waals surface area contributed by atoms with E-state index in [-0.39, 0.29) is 0 Å². The average Bonchev–Trinajstić information content (AvgIpc) is 2.89. The highest BCUT2D eigenvalue weighted by Gasteiger charge is 2.06. The van der Waals surface area contributed by atoms with E-state index in [1.165, 1.54) is 5.01 Å². The van der Waals surface area contributed by atoms with Crippen molar-refractivity contribution in [1.29, 1.82) is 0 Å². The molecule has 0 fully saturated rings. The third kappa shape index (κ3) is 3.10. The van der Waals surface area contributed by atoms with Crippen molar-refractivity contribution in [3.63, 3.8) is 0 Å². The van der Waals surface area contributed by atoms with E-state index in [2.05, 4.69) is 33.0 Å². The molecule has 2 heterocycles. The van der Waals surface area contributed by atoms with E-state index in [1.54, 1.807) is 22.7 Å². The molecule has 1 unspecified atom stereocenters.